The average Bonchev–Trinajstić information content (AvgIpc) is 2.42. The van der Waals surface area contributed by atoms with Gasteiger partial charge in [-0.3, -0.25) is 4.79 Å². The van der Waals surface area contributed by atoms with Crippen LogP contribution >= 0.6 is 0 Å². The Bertz CT molecular complexity index is 496. The van der Waals surface area contributed by atoms with Crippen LogP contribution in [-0.2, 0) is 4.79 Å². The summed E-state index contributed by atoms with van der Waals surface area (Å²) in [6.07, 6.45) is 0.0220. The number of aliphatic hydroxyl groups is 1. The second-order valence-corrected chi connectivity index (χ2v) is 5.10. The van der Waals surface area contributed by atoms with Gasteiger partial charge < -0.3 is 15.3 Å². The van der Waals surface area contributed by atoms with E-state index >= 15 is 0 Å². The first-order chi connectivity index (χ1) is 9.47. The maximum atomic E-state index is 13.5. The van der Waals surface area contributed by atoms with E-state index in [-0.39, 0.29) is 24.1 Å². The fourth-order valence-corrected chi connectivity index (χ4v) is 2.34. The van der Waals surface area contributed by atoms with Gasteiger partial charge in [0.25, 0.3) is 0 Å². The zero-order chi connectivity index (χ0) is 14.7. The Kier molecular flexibility index (Phi) is 4.67. The van der Waals surface area contributed by atoms with Gasteiger partial charge in [0.15, 0.2) is 0 Å². The van der Waals surface area contributed by atoms with Crippen LogP contribution in [0.15, 0.2) is 18.2 Å². The molecule has 4 nitrogen and oxygen atoms in total. The minimum Gasteiger partial charge on any atom is -0.387 e. The van der Waals surface area contributed by atoms with Crippen molar-refractivity contribution in [2.24, 2.45) is 0 Å². The topological polar surface area (TPSA) is 52.6 Å². The first-order valence-corrected chi connectivity index (χ1v) is 6.57. The van der Waals surface area contributed by atoms with E-state index in [1.807, 2.05) is 0 Å². The molecule has 2 rings (SSSR count). The van der Waals surface area contributed by atoms with Gasteiger partial charge in [0, 0.05) is 38.2 Å². The van der Waals surface area contributed by atoms with Crippen LogP contribution in [0.3, 0.4) is 0 Å². The summed E-state index contributed by atoms with van der Waals surface area (Å²) in [5, 5.41) is 13.0. The SMILES string of the molecule is CN1CC(NCC(O)c2cc(F)ccc2F)CCC1=O. The zero-order valence-electron chi connectivity index (χ0n) is 11.3. The summed E-state index contributed by atoms with van der Waals surface area (Å²) in [5.74, 6) is -1.11. The van der Waals surface area contributed by atoms with Crippen LogP contribution in [0.4, 0.5) is 8.78 Å². The number of aliphatic hydroxyl groups excluding tert-OH is 1. The highest BCUT2D eigenvalue weighted by atomic mass is 19.1. The summed E-state index contributed by atoms with van der Waals surface area (Å²) in [5.41, 5.74) is -0.0576. The maximum absolute atomic E-state index is 13.5. The summed E-state index contributed by atoms with van der Waals surface area (Å²) in [6, 6.07) is 3.07. The Labute approximate surface area is 116 Å². The van der Waals surface area contributed by atoms with E-state index < -0.39 is 17.7 Å². The average molecular weight is 284 g/mol. The van der Waals surface area contributed by atoms with E-state index in [0.29, 0.717) is 19.4 Å². The molecule has 2 N–H and O–H groups in total. The Balaban J connectivity index is 1.90. The highest BCUT2D eigenvalue weighted by Gasteiger charge is 2.23. The van der Waals surface area contributed by atoms with Gasteiger partial charge in [0.05, 0.1) is 6.10 Å². The highest BCUT2D eigenvalue weighted by molar-refractivity contribution is 5.76. The van der Waals surface area contributed by atoms with Crippen LogP contribution in [-0.4, -0.2) is 42.1 Å². The molecule has 0 aromatic heterocycles. The van der Waals surface area contributed by atoms with E-state index in [4.69, 9.17) is 0 Å². The number of carbonyl (C=O) groups is 1. The molecular formula is C14H18F2N2O2. The van der Waals surface area contributed by atoms with E-state index in [1.165, 1.54) is 0 Å². The number of nitrogens with zero attached hydrogens (tertiary/aromatic N) is 1. The molecule has 0 spiro atoms. The van der Waals surface area contributed by atoms with Gasteiger partial charge in [-0.15, -0.1) is 0 Å². The fraction of sp³-hybridized carbons (Fsp3) is 0.500. The molecule has 2 unspecified atom stereocenters. The predicted molar refractivity (Wildman–Crippen MR) is 70.0 cm³/mol. The molecule has 0 radical (unpaired) electrons. The number of likely N-dealkylation sites (N-methyl/N-ethyl adjacent to an activating group) is 1. The molecule has 6 heteroatoms. The van der Waals surface area contributed by atoms with E-state index in [2.05, 4.69) is 5.32 Å². The van der Waals surface area contributed by atoms with Gasteiger partial charge in [-0.1, -0.05) is 0 Å². The lowest BCUT2D eigenvalue weighted by Crippen LogP contribution is -2.47. The number of nitrogens with one attached hydrogen (secondary N) is 1. The monoisotopic (exact) mass is 284 g/mol. The fourth-order valence-electron chi connectivity index (χ4n) is 2.34. The van der Waals surface area contributed by atoms with Crippen molar-refractivity contribution in [3.8, 4) is 0 Å². The number of carbonyl (C=O) groups excluding carboxylic acids is 1. The third-order valence-corrected chi connectivity index (χ3v) is 3.54. The first-order valence-electron chi connectivity index (χ1n) is 6.57. The number of benzene rings is 1. The lowest BCUT2D eigenvalue weighted by molar-refractivity contribution is -0.132. The van der Waals surface area contributed by atoms with E-state index in [0.717, 1.165) is 18.2 Å². The number of hydrogen-bond donors (Lipinski definition) is 2. The number of halogens is 2. The molecule has 1 aliphatic heterocycles. The van der Waals surface area contributed by atoms with Gasteiger partial charge in [0.1, 0.15) is 11.6 Å². The van der Waals surface area contributed by atoms with Crippen molar-refractivity contribution in [2.75, 3.05) is 20.1 Å². The van der Waals surface area contributed by atoms with Crippen LogP contribution in [0.1, 0.15) is 24.5 Å². The lowest BCUT2D eigenvalue weighted by Gasteiger charge is -2.31. The molecule has 1 aliphatic rings. The molecule has 110 valence electrons. The van der Waals surface area contributed by atoms with Gasteiger partial charge in [-0.25, -0.2) is 8.78 Å². The molecule has 1 aromatic carbocycles. The third-order valence-electron chi connectivity index (χ3n) is 3.54. The van der Waals surface area contributed by atoms with Crippen LogP contribution < -0.4 is 5.32 Å². The summed E-state index contributed by atoms with van der Waals surface area (Å²) in [6.45, 7) is 0.671. The minimum atomic E-state index is -1.12. The van der Waals surface area contributed by atoms with E-state index in [1.54, 1.807) is 11.9 Å². The molecular weight excluding hydrogens is 266 g/mol. The van der Waals surface area contributed by atoms with Gasteiger partial charge in [-0.05, 0) is 24.6 Å². The minimum absolute atomic E-state index is 0.0576. The molecule has 1 heterocycles. The second kappa shape index (κ2) is 6.28. The van der Waals surface area contributed by atoms with Gasteiger partial charge in [-0.2, -0.15) is 0 Å². The molecule has 1 amide bonds. The number of hydrogen-bond acceptors (Lipinski definition) is 3. The van der Waals surface area contributed by atoms with Crippen molar-refractivity contribution >= 4 is 5.91 Å². The molecule has 0 saturated carbocycles. The van der Waals surface area contributed by atoms with Crippen molar-refractivity contribution in [3.05, 3.63) is 35.4 Å². The van der Waals surface area contributed by atoms with Crippen LogP contribution in [0.25, 0.3) is 0 Å². The molecule has 0 aliphatic carbocycles. The Morgan fingerprint density at radius 3 is 2.95 bits per heavy atom. The molecule has 0 bridgehead atoms. The Hall–Kier alpha value is -1.53. The predicted octanol–water partition coefficient (Wildman–Crippen LogP) is 1.21. The molecule has 20 heavy (non-hydrogen) atoms. The summed E-state index contributed by atoms with van der Waals surface area (Å²) in [7, 11) is 1.72. The van der Waals surface area contributed by atoms with Crippen LogP contribution in [0, 0.1) is 11.6 Å². The van der Waals surface area contributed by atoms with Crippen LogP contribution in [0.5, 0.6) is 0 Å². The largest absolute Gasteiger partial charge is 0.387 e. The van der Waals surface area contributed by atoms with Gasteiger partial charge >= 0.3 is 0 Å². The number of amides is 1. The maximum Gasteiger partial charge on any atom is 0.222 e. The number of likely N-dealkylation sites (tertiary alicyclic amines) is 1. The number of rotatable bonds is 4. The zero-order valence-corrected chi connectivity index (χ0v) is 11.3. The van der Waals surface area contributed by atoms with Crippen LogP contribution in [0.2, 0.25) is 0 Å². The molecule has 1 saturated heterocycles. The molecule has 2 atom stereocenters. The summed E-state index contributed by atoms with van der Waals surface area (Å²) < 4.78 is 26.5. The Morgan fingerprint density at radius 2 is 2.25 bits per heavy atom. The summed E-state index contributed by atoms with van der Waals surface area (Å²) in [4.78, 5) is 13.0. The Morgan fingerprint density at radius 1 is 1.50 bits per heavy atom. The summed E-state index contributed by atoms with van der Waals surface area (Å²) >= 11 is 0. The lowest BCUT2D eigenvalue weighted by atomic mass is 10.0. The van der Waals surface area contributed by atoms with Crippen molar-refractivity contribution in [3.63, 3.8) is 0 Å². The molecule has 1 aromatic rings. The molecule has 1 fully saturated rings. The highest BCUT2D eigenvalue weighted by Crippen LogP contribution is 2.18. The normalized spacial score (nSPS) is 21.1. The number of piperidine rings is 1. The smallest absolute Gasteiger partial charge is 0.222 e. The van der Waals surface area contributed by atoms with Crippen molar-refractivity contribution < 1.29 is 18.7 Å². The quantitative estimate of drug-likeness (QED) is 0.874. The van der Waals surface area contributed by atoms with Gasteiger partial charge in [0.2, 0.25) is 5.91 Å². The van der Waals surface area contributed by atoms with Crippen molar-refractivity contribution in [2.45, 2.75) is 25.0 Å². The standard InChI is InChI=1S/C14H18F2N2O2/c1-18-8-10(3-5-14(18)20)17-7-13(19)11-6-9(15)2-4-12(11)16/h2,4,6,10,13,17,19H,3,5,7-8H2,1H3. The van der Waals surface area contributed by atoms with Crippen molar-refractivity contribution in [1.29, 1.82) is 0 Å². The first kappa shape index (κ1) is 14.9. The van der Waals surface area contributed by atoms with E-state index in [9.17, 15) is 18.7 Å². The second-order valence-electron chi connectivity index (χ2n) is 5.10. The van der Waals surface area contributed by atoms with Crippen molar-refractivity contribution in [1.82, 2.24) is 10.2 Å². The third kappa shape index (κ3) is 3.52.